The number of nitrogens with one attached hydrogen (secondary N) is 3. The summed E-state index contributed by atoms with van der Waals surface area (Å²) in [4.78, 5) is 37.1. The topological polar surface area (TPSA) is 103 Å². The molecule has 1 fully saturated rings. The molecule has 0 bridgehead atoms. The molecule has 2 aromatic heterocycles. The maximum absolute atomic E-state index is 11.9. The second kappa shape index (κ2) is 6.47. The van der Waals surface area contributed by atoms with E-state index in [0.29, 0.717) is 23.8 Å². The summed E-state index contributed by atoms with van der Waals surface area (Å²) in [6.07, 6.45) is 4.88. The van der Waals surface area contributed by atoms with Gasteiger partial charge in [0.1, 0.15) is 5.69 Å². The molecule has 1 aliphatic heterocycles. The Bertz CT molecular complexity index is 996. The minimum Gasteiger partial charge on any atom is -0.355 e. The number of hydrogen-bond acceptors (Lipinski definition) is 5. The van der Waals surface area contributed by atoms with Crippen LogP contribution in [0.15, 0.2) is 36.7 Å². The van der Waals surface area contributed by atoms with Crippen molar-refractivity contribution in [2.45, 2.75) is 12.8 Å². The maximum Gasteiger partial charge on any atom is 0.267 e. The molecule has 3 heterocycles. The molecule has 26 heavy (non-hydrogen) atoms. The number of aromatic nitrogens is 3. The van der Waals surface area contributed by atoms with Crippen LogP contribution < -0.4 is 15.5 Å². The zero-order valence-electron chi connectivity index (χ0n) is 14.2. The number of hydrogen-bond donors (Lipinski definition) is 3. The van der Waals surface area contributed by atoms with Crippen molar-refractivity contribution in [3.8, 4) is 0 Å². The quantitative estimate of drug-likeness (QED) is 0.669. The number of amides is 2. The van der Waals surface area contributed by atoms with Crippen LogP contribution in [-0.2, 0) is 4.79 Å². The third-order valence-electron chi connectivity index (χ3n) is 4.36. The van der Waals surface area contributed by atoms with Crippen molar-refractivity contribution < 1.29 is 9.59 Å². The molecule has 0 atom stereocenters. The zero-order valence-corrected chi connectivity index (χ0v) is 14.2. The molecule has 0 saturated carbocycles. The number of anilines is 3. The number of fused-ring (bicyclic) bond motifs is 1. The fraction of sp³-hybridized carbons (Fsp3) is 0.222. The second-order valence-corrected chi connectivity index (χ2v) is 6.09. The molecule has 0 spiro atoms. The molecule has 0 aliphatic carbocycles. The van der Waals surface area contributed by atoms with E-state index in [-0.39, 0.29) is 11.8 Å². The average molecular weight is 350 g/mol. The van der Waals surface area contributed by atoms with Gasteiger partial charge in [-0.1, -0.05) is 0 Å². The van der Waals surface area contributed by atoms with Crippen LogP contribution in [0.4, 0.5) is 17.3 Å². The normalized spacial score (nSPS) is 14.0. The van der Waals surface area contributed by atoms with Crippen LogP contribution >= 0.6 is 0 Å². The fourth-order valence-electron chi connectivity index (χ4n) is 3.02. The van der Waals surface area contributed by atoms with Gasteiger partial charge in [0.25, 0.3) is 5.91 Å². The molecular formula is C18H18N6O2. The van der Waals surface area contributed by atoms with Crippen molar-refractivity contribution >= 4 is 40.0 Å². The van der Waals surface area contributed by atoms with Gasteiger partial charge in [0.05, 0.1) is 11.2 Å². The van der Waals surface area contributed by atoms with Crippen molar-refractivity contribution in [2.75, 3.05) is 23.8 Å². The van der Waals surface area contributed by atoms with Gasteiger partial charge in [0.15, 0.2) is 0 Å². The number of H-pyrrole nitrogens is 1. The maximum atomic E-state index is 11.9. The van der Waals surface area contributed by atoms with Crippen molar-refractivity contribution in [3.63, 3.8) is 0 Å². The van der Waals surface area contributed by atoms with E-state index in [1.807, 2.05) is 18.2 Å². The second-order valence-electron chi connectivity index (χ2n) is 6.09. The number of nitrogens with zero attached hydrogens (tertiary/aromatic N) is 3. The van der Waals surface area contributed by atoms with E-state index < -0.39 is 0 Å². The predicted molar refractivity (Wildman–Crippen MR) is 98.6 cm³/mol. The van der Waals surface area contributed by atoms with E-state index in [9.17, 15) is 9.59 Å². The summed E-state index contributed by atoms with van der Waals surface area (Å²) < 4.78 is 0. The summed E-state index contributed by atoms with van der Waals surface area (Å²) in [7, 11) is 1.57. The average Bonchev–Trinajstić information content (AvgIpc) is 3.29. The summed E-state index contributed by atoms with van der Waals surface area (Å²) in [5.74, 6) is 0.369. The number of carbonyl (C=O) groups excluding carboxylic acids is 2. The van der Waals surface area contributed by atoms with Crippen molar-refractivity contribution in [3.05, 3.63) is 42.4 Å². The lowest BCUT2D eigenvalue weighted by Gasteiger charge is -2.16. The first kappa shape index (κ1) is 16.1. The van der Waals surface area contributed by atoms with Gasteiger partial charge in [0.2, 0.25) is 11.9 Å². The first-order chi connectivity index (χ1) is 12.6. The van der Waals surface area contributed by atoms with Crippen LogP contribution in [0.5, 0.6) is 0 Å². The highest BCUT2D eigenvalue weighted by Gasteiger charge is 2.21. The van der Waals surface area contributed by atoms with Crippen LogP contribution in [-0.4, -0.2) is 40.4 Å². The molecule has 1 aliphatic rings. The van der Waals surface area contributed by atoms with Crippen molar-refractivity contribution in [2.24, 2.45) is 0 Å². The lowest BCUT2D eigenvalue weighted by molar-refractivity contribution is -0.117. The Hall–Kier alpha value is -3.42. The highest BCUT2D eigenvalue weighted by atomic mass is 16.2. The molecular weight excluding hydrogens is 332 g/mol. The first-order valence-corrected chi connectivity index (χ1v) is 8.39. The van der Waals surface area contributed by atoms with Crippen LogP contribution in [0.2, 0.25) is 0 Å². The Balaban J connectivity index is 1.61. The minimum atomic E-state index is -0.197. The number of carbonyl (C=O) groups is 2. The monoisotopic (exact) mass is 350 g/mol. The summed E-state index contributed by atoms with van der Waals surface area (Å²) in [6.45, 7) is 0.742. The van der Waals surface area contributed by atoms with Gasteiger partial charge in [-0.25, -0.2) is 9.97 Å². The molecule has 8 nitrogen and oxygen atoms in total. The van der Waals surface area contributed by atoms with Crippen LogP contribution in [0.3, 0.4) is 0 Å². The largest absolute Gasteiger partial charge is 0.355 e. The highest BCUT2D eigenvalue weighted by molar-refractivity contribution is 5.97. The van der Waals surface area contributed by atoms with Gasteiger partial charge in [-0.05, 0) is 30.7 Å². The molecule has 8 heteroatoms. The minimum absolute atomic E-state index is 0.144. The van der Waals surface area contributed by atoms with Crippen LogP contribution in [0, 0.1) is 0 Å². The molecule has 1 aromatic carbocycles. The smallest absolute Gasteiger partial charge is 0.267 e. The van der Waals surface area contributed by atoms with E-state index in [4.69, 9.17) is 0 Å². The molecule has 4 rings (SSSR count). The summed E-state index contributed by atoms with van der Waals surface area (Å²) in [6, 6.07) is 7.42. The van der Waals surface area contributed by atoms with Crippen molar-refractivity contribution in [1.29, 1.82) is 0 Å². The first-order valence-electron chi connectivity index (χ1n) is 8.39. The fourth-order valence-corrected chi connectivity index (χ4v) is 3.02. The number of benzene rings is 1. The summed E-state index contributed by atoms with van der Waals surface area (Å²) >= 11 is 0. The van der Waals surface area contributed by atoms with Gasteiger partial charge in [-0.2, -0.15) is 0 Å². The lowest BCUT2D eigenvalue weighted by Crippen LogP contribution is -2.23. The SMILES string of the molecule is CNC(=O)c1cc(Nc2ncc3ccc(N4CCCC4=O)cc3n2)c[nH]1. The Morgan fingerprint density at radius 2 is 2.19 bits per heavy atom. The Morgan fingerprint density at radius 3 is 2.96 bits per heavy atom. The Kier molecular flexibility index (Phi) is 4.00. The van der Waals surface area contributed by atoms with Gasteiger partial charge in [-0.15, -0.1) is 0 Å². The molecule has 3 aromatic rings. The van der Waals surface area contributed by atoms with Gasteiger partial charge in [-0.3, -0.25) is 9.59 Å². The van der Waals surface area contributed by atoms with Crippen LogP contribution in [0.1, 0.15) is 23.3 Å². The van der Waals surface area contributed by atoms with E-state index in [1.165, 1.54) is 0 Å². The predicted octanol–water partition coefficient (Wildman–Crippen LogP) is 2.19. The molecule has 132 valence electrons. The molecule has 2 amide bonds. The van der Waals surface area contributed by atoms with E-state index in [1.54, 1.807) is 30.4 Å². The van der Waals surface area contributed by atoms with E-state index in [0.717, 1.165) is 29.6 Å². The number of rotatable bonds is 4. The third-order valence-corrected chi connectivity index (χ3v) is 4.36. The summed E-state index contributed by atoms with van der Waals surface area (Å²) in [5.41, 5.74) is 2.74. The lowest BCUT2D eigenvalue weighted by atomic mass is 10.2. The molecule has 0 unspecified atom stereocenters. The Morgan fingerprint density at radius 1 is 1.31 bits per heavy atom. The zero-order chi connectivity index (χ0) is 18.1. The molecule has 0 radical (unpaired) electrons. The van der Waals surface area contributed by atoms with Crippen LogP contribution in [0.25, 0.3) is 10.9 Å². The van der Waals surface area contributed by atoms with Crippen molar-refractivity contribution in [1.82, 2.24) is 20.3 Å². The molecule has 3 N–H and O–H groups in total. The standard InChI is InChI=1S/C18H18N6O2/c1-19-17(26)15-7-12(10-20-15)22-18-21-9-11-4-5-13(8-14(11)23-18)24-6-2-3-16(24)25/h4-5,7-10,20H,2-3,6H2,1H3,(H,19,26)(H,21,22,23). The number of aromatic amines is 1. The van der Waals surface area contributed by atoms with E-state index in [2.05, 4.69) is 25.6 Å². The highest BCUT2D eigenvalue weighted by Crippen LogP contribution is 2.25. The summed E-state index contributed by atoms with van der Waals surface area (Å²) in [5, 5.41) is 6.53. The Labute approximate surface area is 149 Å². The van der Waals surface area contributed by atoms with Gasteiger partial charge >= 0.3 is 0 Å². The van der Waals surface area contributed by atoms with E-state index >= 15 is 0 Å². The van der Waals surface area contributed by atoms with Gasteiger partial charge < -0.3 is 20.5 Å². The molecule has 1 saturated heterocycles. The van der Waals surface area contributed by atoms with Gasteiger partial charge in [0, 0.05) is 43.5 Å². The third kappa shape index (κ3) is 2.97.